The van der Waals surface area contributed by atoms with E-state index in [0.29, 0.717) is 0 Å². The molecule has 2 aliphatic rings. The summed E-state index contributed by atoms with van der Waals surface area (Å²) in [5, 5.41) is 16.9. The fourth-order valence-corrected chi connectivity index (χ4v) is 6.51. The number of H-pyrrole nitrogens is 2. The Morgan fingerprint density at radius 3 is 2.78 bits per heavy atom. The molecule has 1 saturated heterocycles. The lowest BCUT2D eigenvalue weighted by atomic mass is 10.0. The van der Waals surface area contributed by atoms with E-state index in [-0.39, 0.29) is 11.9 Å². The number of hydrogen-bond acceptors (Lipinski definition) is 6. The fourth-order valence-electron chi connectivity index (χ4n) is 5.57. The second-order valence-corrected chi connectivity index (χ2v) is 11.6. The highest BCUT2D eigenvalue weighted by Gasteiger charge is 2.18. The van der Waals surface area contributed by atoms with Crippen LogP contribution in [0.4, 0.5) is 0 Å². The molecular weight excluding hydrogens is 530 g/mol. The van der Waals surface area contributed by atoms with Crippen LogP contribution in [-0.2, 0) is 4.74 Å². The van der Waals surface area contributed by atoms with E-state index >= 15 is 0 Å². The summed E-state index contributed by atoms with van der Waals surface area (Å²) < 4.78 is 6.41. The Morgan fingerprint density at radius 1 is 1.02 bits per heavy atom. The second-order valence-electron chi connectivity index (χ2n) is 10.5. The number of nitrogens with one attached hydrogen (secondary N) is 4. The number of ether oxygens (including phenoxy) is 1. The standard InChI is InChI=1S/C33H31N5O2S/c1-20(39)31-9-10-32(41-31)25-5-2-6-28-26(25)18-30(36-28)33-27-17-21(7-8-29(27)37-38-33)22-16-24(4-3-13-35-19-22)40-23-11-14-34-15-12-23/h2-10,16-19,23,34-36H,11-15H2,1H3,(H,37,38)/b4-3+,22-19+,24-16+. The van der Waals surface area contributed by atoms with Gasteiger partial charge >= 0.3 is 0 Å². The molecule has 41 heavy (non-hydrogen) atoms. The minimum atomic E-state index is 0.0902. The van der Waals surface area contributed by atoms with Crippen LogP contribution in [0.3, 0.4) is 0 Å². The zero-order valence-corrected chi connectivity index (χ0v) is 23.6. The second kappa shape index (κ2) is 10.9. The third-order valence-electron chi connectivity index (χ3n) is 7.70. The zero-order valence-electron chi connectivity index (χ0n) is 22.8. The van der Waals surface area contributed by atoms with Crippen LogP contribution in [0.1, 0.15) is 35.0 Å². The molecular formula is C33H31N5O2S. The number of nitrogens with zero attached hydrogens (tertiary/aromatic N) is 1. The molecule has 0 saturated carbocycles. The number of fused-ring (bicyclic) bond motifs is 2. The largest absolute Gasteiger partial charge is 0.490 e. The van der Waals surface area contributed by atoms with Gasteiger partial charge < -0.3 is 20.4 Å². The van der Waals surface area contributed by atoms with Crippen molar-refractivity contribution >= 4 is 44.5 Å². The maximum Gasteiger partial charge on any atom is 0.169 e. The van der Waals surface area contributed by atoms with Crippen LogP contribution in [0.2, 0.25) is 0 Å². The lowest BCUT2D eigenvalue weighted by molar-refractivity contribution is 0.0960. The summed E-state index contributed by atoms with van der Waals surface area (Å²) in [6.07, 6.45) is 10.6. The van der Waals surface area contributed by atoms with Crippen molar-refractivity contribution in [3.63, 3.8) is 0 Å². The monoisotopic (exact) mass is 561 g/mol. The molecule has 0 aliphatic carbocycles. The molecule has 206 valence electrons. The summed E-state index contributed by atoms with van der Waals surface area (Å²) in [5.41, 5.74) is 7.07. The number of carbonyl (C=O) groups excluding carboxylic acids is 1. The normalized spacial score (nSPS) is 19.5. The quantitative estimate of drug-likeness (QED) is 0.171. The van der Waals surface area contributed by atoms with Crippen LogP contribution in [-0.4, -0.2) is 46.7 Å². The van der Waals surface area contributed by atoms with Crippen molar-refractivity contribution in [1.82, 2.24) is 25.8 Å². The first-order chi connectivity index (χ1) is 20.1. The van der Waals surface area contributed by atoms with Gasteiger partial charge in [0.05, 0.1) is 16.1 Å². The first-order valence-corrected chi connectivity index (χ1v) is 14.8. The highest BCUT2D eigenvalue weighted by atomic mass is 32.1. The van der Waals surface area contributed by atoms with Crippen LogP contribution in [0.15, 0.2) is 84.8 Å². The van der Waals surface area contributed by atoms with Crippen molar-refractivity contribution in [2.45, 2.75) is 25.9 Å². The number of aromatic nitrogens is 3. The summed E-state index contributed by atoms with van der Waals surface area (Å²) in [6, 6.07) is 18.7. The van der Waals surface area contributed by atoms with E-state index < -0.39 is 0 Å². The van der Waals surface area contributed by atoms with E-state index in [1.54, 1.807) is 6.92 Å². The van der Waals surface area contributed by atoms with Crippen LogP contribution < -0.4 is 10.6 Å². The SMILES string of the molecule is CC(=O)c1ccc(-c2cccc3[nH]c(-c4n[nH]c5ccc(C6=C/NC/C=C/C(OC7CCNCC7)=C\6)cc45)cc23)s1. The molecule has 7 rings (SSSR count). The van der Waals surface area contributed by atoms with Crippen molar-refractivity contribution in [2.75, 3.05) is 19.6 Å². The fraction of sp³-hybridized carbons (Fsp3) is 0.212. The van der Waals surface area contributed by atoms with Gasteiger partial charge in [0.25, 0.3) is 0 Å². The van der Waals surface area contributed by atoms with Gasteiger partial charge in [-0.2, -0.15) is 5.10 Å². The van der Waals surface area contributed by atoms with E-state index in [1.807, 2.05) is 18.2 Å². The molecule has 7 nitrogen and oxygen atoms in total. The zero-order chi connectivity index (χ0) is 27.8. The summed E-state index contributed by atoms with van der Waals surface area (Å²) >= 11 is 1.53. The maximum atomic E-state index is 11.9. The van der Waals surface area contributed by atoms with E-state index in [4.69, 9.17) is 9.84 Å². The number of ketones is 1. The van der Waals surface area contributed by atoms with Crippen molar-refractivity contribution < 1.29 is 9.53 Å². The number of allylic oxidation sites excluding steroid dienone is 3. The topological polar surface area (TPSA) is 94.8 Å². The molecule has 0 radical (unpaired) electrons. The van der Waals surface area contributed by atoms with Gasteiger partial charge in [0, 0.05) is 45.0 Å². The molecule has 0 unspecified atom stereocenters. The van der Waals surface area contributed by atoms with Gasteiger partial charge in [-0.25, -0.2) is 0 Å². The Kier molecular flexibility index (Phi) is 6.78. The predicted molar refractivity (Wildman–Crippen MR) is 167 cm³/mol. The third kappa shape index (κ3) is 5.12. The van der Waals surface area contributed by atoms with E-state index in [2.05, 4.69) is 81.5 Å². The van der Waals surface area contributed by atoms with E-state index in [9.17, 15) is 4.79 Å². The van der Waals surface area contributed by atoms with E-state index in [0.717, 1.165) is 97.9 Å². The van der Waals surface area contributed by atoms with Crippen LogP contribution in [0, 0.1) is 0 Å². The molecule has 1 fully saturated rings. The Labute approximate surface area is 242 Å². The number of carbonyl (C=O) groups is 1. The van der Waals surface area contributed by atoms with Crippen LogP contribution in [0.25, 0.3) is 49.2 Å². The minimum absolute atomic E-state index is 0.0902. The van der Waals surface area contributed by atoms with Gasteiger partial charge in [0.2, 0.25) is 0 Å². The molecule has 0 amide bonds. The number of piperidine rings is 1. The van der Waals surface area contributed by atoms with Crippen molar-refractivity contribution in [3.05, 3.63) is 95.2 Å². The van der Waals surface area contributed by atoms with E-state index in [1.165, 1.54) is 11.3 Å². The first kappa shape index (κ1) is 25.6. The summed E-state index contributed by atoms with van der Waals surface area (Å²) in [4.78, 5) is 17.3. The van der Waals surface area contributed by atoms with Gasteiger partial charge in [0.15, 0.2) is 5.78 Å². The molecule has 0 bridgehead atoms. The number of hydrogen-bond donors (Lipinski definition) is 4. The summed E-state index contributed by atoms with van der Waals surface area (Å²) in [5.74, 6) is 0.981. The molecule has 0 spiro atoms. The average molecular weight is 562 g/mol. The Bertz CT molecular complexity index is 1850. The Hall–Kier alpha value is -4.40. The lowest BCUT2D eigenvalue weighted by Crippen LogP contribution is -2.32. The molecule has 5 heterocycles. The lowest BCUT2D eigenvalue weighted by Gasteiger charge is -2.25. The first-order valence-electron chi connectivity index (χ1n) is 14.0. The number of Topliss-reactive ketones (excluding diaryl/α,β-unsaturated/α-hetero) is 1. The third-order valence-corrected chi connectivity index (χ3v) is 8.92. The summed E-state index contributed by atoms with van der Waals surface area (Å²) in [6.45, 7) is 4.34. The van der Waals surface area contributed by atoms with Crippen molar-refractivity contribution in [1.29, 1.82) is 0 Å². The molecule has 5 aromatic rings. The van der Waals surface area contributed by atoms with Crippen molar-refractivity contribution in [3.8, 4) is 21.8 Å². The molecule has 0 atom stereocenters. The van der Waals surface area contributed by atoms with Gasteiger partial charge in [-0.05, 0) is 87.0 Å². The maximum absolute atomic E-state index is 11.9. The number of benzene rings is 2. The summed E-state index contributed by atoms with van der Waals surface area (Å²) in [7, 11) is 0. The van der Waals surface area contributed by atoms with Crippen LogP contribution in [0.5, 0.6) is 0 Å². The van der Waals surface area contributed by atoms with Gasteiger partial charge in [-0.3, -0.25) is 9.89 Å². The number of rotatable bonds is 6. The molecule has 8 heteroatoms. The molecule has 2 aromatic carbocycles. The Balaban J connectivity index is 1.25. The number of thiophene rings is 1. The highest BCUT2D eigenvalue weighted by Crippen LogP contribution is 2.37. The Morgan fingerprint density at radius 2 is 1.93 bits per heavy atom. The number of aromatic amines is 2. The smallest absolute Gasteiger partial charge is 0.169 e. The highest BCUT2D eigenvalue weighted by molar-refractivity contribution is 7.17. The van der Waals surface area contributed by atoms with Crippen molar-refractivity contribution in [2.24, 2.45) is 0 Å². The van der Waals surface area contributed by atoms with Gasteiger partial charge in [-0.15, -0.1) is 11.3 Å². The predicted octanol–water partition coefficient (Wildman–Crippen LogP) is 6.80. The average Bonchev–Trinajstić information content (AvgIpc) is 3.72. The molecule has 2 aliphatic heterocycles. The van der Waals surface area contributed by atoms with Crippen LogP contribution >= 0.6 is 11.3 Å². The molecule has 3 aromatic heterocycles. The van der Waals surface area contributed by atoms with Gasteiger partial charge in [-0.1, -0.05) is 24.3 Å². The minimum Gasteiger partial charge on any atom is -0.490 e. The molecule has 4 N–H and O–H groups in total. The van der Waals surface area contributed by atoms with Gasteiger partial charge in [0.1, 0.15) is 17.6 Å².